The molecule has 0 unspecified atom stereocenters. The van der Waals surface area contributed by atoms with Crippen molar-refractivity contribution in [3.63, 3.8) is 0 Å². The Hall–Kier alpha value is -2.23. The molecular formula is C22H20ClNOS. The van der Waals surface area contributed by atoms with E-state index in [1.54, 1.807) is 11.8 Å². The Morgan fingerprint density at radius 1 is 0.962 bits per heavy atom. The van der Waals surface area contributed by atoms with Crippen LogP contribution in [-0.2, 0) is 5.75 Å². The monoisotopic (exact) mass is 381 g/mol. The minimum atomic E-state index is -0.0572. The van der Waals surface area contributed by atoms with Gasteiger partial charge in [-0.2, -0.15) is 0 Å². The van der Waals surface area contributed by atoms with Gasteiger partial charge in [-0.05, 0) is 54.4 Å². The number of hydrogen-bond acceptors (Lipinski definition) is 2. The number of rotatable bonds is 6. The third kappa shape index (κ3) is 5.13. The number of carbonyl (C=O) groups excluding carboxylic acids is 1. The Kier molecular flexibility index (Phi) is 6.37. The second-order valence-corrected chi connectivity index (χ2v) is 7.53. The summed E-state index contributed by atoms with van der Waals surface area (Å²) in [5.74, 6) is 0.794. The summed E-state index contributed by atoms with van der Waals surface area (Å²) in [5, 5.41) is 3.78. The molecule has 0 saturated carbocycles. The molecule has 3 aromatic rings. The molecule has 26 heavy (non-hydrogen) atoms. The van der Waals surface area contributed by atoms with Gasteiger partial charge in [0.05, 0.1) is 6.04 Å². The number of hydrogen-bond donors (Lipinski definition) is 1. The predicted octanol–water partition coefficient (Wildman–Crippen LogP) is 6.12. The molecule has 0 saturated heterocycles. The first-order valence-electron chi connectivity index (χ1n) is 8.45. The smallest absolute Gasteiger partial charge is 0.251 e. The second-order valence-electron chi connectivity index (χ2n) is 6.05. The maximum atomic E-state index is 12.4. The SMILES string of the molecule is C[C@H](NC(=O)c1ccc(CSc2ccc(Cl)cc2)cc1)c1ccccc1. The molecular weight excluding hydrogens is 362 g/mol. The predicted molar refractivity (Wildman–Crippen MR) is 110 cm³/mol. The largest absolute Gasteiger partial charge is 0.346 e. The molecule has 132 valence electrons. The normalized spacial score (nSPS) is 11.8. The molecule has 1 N–H and O–H groups in total. The molecule has 0 fully saturated rings. The van der Waals surface area contributed by atoms with Crippen LogP contribution in [0.1, 0.15) is 34.5 Å². The van der Waals surface area contributed by atoms with E-state index < -0.39 is 0 Å². The summed E-state index contributed by atoms with van der Waals surface area (Å²) in [5.41, 5.74) is 2.95. The van der Waals surface area contributed by atoms with Crippen LogP contribution in [-0.4, -0.2) is 5.91 Å². The molecule has 0 aromatic heterocycles. The van der Waals surface area contributed by atoms with Gasteiger partial charge in [0.2, 0.25) is 0 Å². The topological polar surface area (TPSA) is 29.1 Å². The summed E-state index contributed by atoms with van der Waals surface area (Å²) in [4.78, 5) is 13.6. The van der Waals surface area contributed by atoms with Gasteiger partial charge in [-0.25, -0.2) is 0 Å². The maximum Gasteiger partial charge on any atom is 0.251 e. The van der Waals surface area contributed by atoms with E-state index in [2.05, 4.69) is 5.32 Å². The zero-order chi connectivity index (χ0) is 18.4. The average molecular weight is 382 g/mol. The lowest BCUT2D eigenvalue weighted by Crippen LogP contribution is -2.26. The highest BCUT2D eigenvalue weighted by Crippen LogP contribution is 2.24. The number of halogens is 1. The van der Waals surface area contributed by atoms with Crippen molar-refractivity contribution in [3.8, 4) is 0 Å². The Labute approximate surface area is 163 Å². The van der Waals surface area contributed by atoms with Gasteiger partial charge in [0.25, 0.3) is 5.91 Å². The van der Waals surface area contributed by atoms with Gasteiger partial charge < -0.3 is 5.32 Å². The van der Waals surface area contributed by atoms with Gasteiger partial charge >= 0.3 is 0 Å². The molecule has 4 heteroatoms. The van der Waals surface area contributed by atoms with E-state index in [-0.39, 0.29) is 11.9 Å². The van der Waals surface area contributed by atoms with Crippen molar-refractivity contribution < 1.29 is 4.79 Å². The van der Waals surface area contributed by atoms with Crippen molar-refractivity contribution >= 4 is 29.3 Å². The lowest BCUT2D eigenvalue weighted by atomic mass is 10.1. The Morgan fingerprint density at radius 3 is 2.27 bits per heavy atom. The summed E-state index contributed by atoms with van der Waals surface area (Å²) < 4.78 is 0. The van der Waals surface area contributed by atoms with Gasteiger partial charge in [-0.1, -0.05) is 54.1 Å². The fourth-order valence-corrected chi connectivity index (χ4v) is 3.54. The molecule has 0 bridgehead atoms. The maximum absolute atomic E-state index is 12.4. The molecule has 0 spiro atoms. The van der Waals surface area contributed by atoms with Crippen molar-refractivity contribution in [2.75, 3.05) is 0 Å². The van der Waals surface area contributed by atoms with Crippen LogP contribution < -0.4 is 5.32 Å². The van der Waals surface area contributed by atoms with Gasteiger partial charge in [0.15, 0.2) is 0 Å². The molecule has 0 heterocycles. The molecule has 2 nitrogen and oxygen atoms in total. The summed E-state index contributed by atoms with van der Waals surface area (Å²) in [6.45, 7) is 1.99. The fraction of sp³-hybridized carbons (Fsp3) is 0.136. The first-order chi connectivity index (χ1) is 12.6. The van der Waals surface area contributed by atoms with E-state index in [0.29, 0.717) is 5.56 Å². The Bertz CT molecular complexity index is 848. The van der Waals surface area contributed by atoms with E-state index in [4.69, 9.17) is 11.6 Å². The van der Waals surface area contributed by atoms with E-state index in [1.807, 2.05) is 85.8 Å². The van der Waals surface area contributed by atoms with Crippen molar-refractivity contribution in [3.05, 3.63) is 101 Å². The number of thioether (sulfide) groups is 1. The lowest BCUT2D eigenvalue weighted by Gasteiger charge is -2.14. The van der Waals surface area contributed by atoms with E-state index >= 15 is 0 Å². The van der Waals surface area contributed by atoms with Crippen LogP contribution in [0.2, 0.25) is 5.02 Å². The molecule has 0 aliphatic carbocycles. The van der Waals surface area contributed by atoms with Crippen LogP contribution >= 0.6 is 23.4 Å². The zero-order valence-electron chi connectivity index (χ0n) is 14.5. The Morgan fingerprint density at radius 2 is 1.62 bits per heavy atom. The van der Waals surface area contributed by atoms with Crippen LogP contribution in [0.25, 0.3) is 0 Å². The zero-order valence-corrected chi connectivity index (χ0v) is 16.1. The number of nitrogens with one attached hydrogen (secondary N) is 1. The van der Waals surface area contributed by atoms with Crippen molar-refractivity contribution in [1.29, 1.82) is 0 Å². The number of amides is 1. The van der Waals surface area contributed by atoms with Crippen LogP contribution in [0.3, 0.4) is 0 Å². The molecule has 1 atom stereocenters. The highest BCUT2D eigenvalue weighted by Gasteiger charge is 2.11. The summed E-state index contributed by atoms with van der Waals surface area (Å²) in [6, 6.07) is 25.5. The third-order valence-electron chi connectivity index (χ3n) is 4.08. The Balaban J connectivity index is 1.56. The molecule has 1 amide bonds. The first-order valence-corrected chi connectivity index (χ1v) is 9.81. The van der Waals surface area contributed by atoms with Crippen LogP contribution in [0.15, 0.2) is 83.8 Å². The van der Waals surface area contributed by atoms with Crippen molar-refractivity contribution in [1.82, 2.24) is 5.32 Å². The van der Waals surface area contributed by atoms with Crippen molar-refractivity contribution in [2.45, 2.75) is 23.6 Å². The number of benzene rings is 3. The fourth-order valence-electron chi connectivity index (χ4n) is 2.55. The van der Waals surface area contributed by atoms with Gasteiger partial charge in [-0.3, -0.25) is 4.79 Å². The van der Waals surface area contributed by atoms with Gasteiger partial charge in [-0.15, -0.1) is 11.8 Å². The van der Waals surface area contributed by atoms with E-state index in [9.17, 15) is 4.79 Å². The van der Waals surface area contributed by atoms with Crippen LogP contribution in [0, 0.1) is 0 Å². The lowest BCUT2D eigenvalue weighted by molar-refractivity contribution is 0.0940. The van der Waals surface area contributed by atoms with Crippen molar-refractivity contribution in [2.24, 2.45) is 0 Å². The molecule has 0 aliphatic rings. The van der Waals surface area contributed by atoms with Gasteiger partial charge in [0.1, 0.15) is 0 Å². The molecule has 3 aromatic carbocycles. The third-order valence-corrected chi connectivity index (χ3v) is 5.42. The first kappa shape index (κ1) is 18.6. The summed E-state index contributed by atoms with van der Waals surface area (Å²) >= 11 is 7.65. The highest BCUT2D eigenvalue weighted by atomic mass is 35.5. The average Bonchev–Trinajstić information content (AvgIpc) is 2.68. The highest BCUT2D eigenvalue weighted by molar-refractivity contribution is 7.98. The standard InChI is InChI=1S/C22H20ClNOS/c1-16(18-5-3-2-4-6-18)24-22(25)19-9-7-17(8-10-19)15-26-21-13-11-20(23)12-14-21/h2-14,16H,15H2,1H3,(H,24,25)/t16-/m0/s1. The number of carbonyl (C=O) groups is 1. The van der Waals surface area contributed by atoms with Crippen LogP contribution in [0.5, 0.6) is 0 Å². The summed E-state index contributed by atoms with van der Waals surface area (Å²) in [6.07, 6.45) is 0. The minimum absolute atomic E-state index is 0.0242. The second kappa shape index (κ2) is 8.93. The molecule has 3 rings (SSSR count). The van der Waals surface area contributed by atoms with E-state index in [1.165, 1.54) is 10.5 Å². The van der Waals surface area contributed by atoms with Gasteiger partial charge in [0, 0.05) is 21.2 Å². The summed E-state index contributed by atoms with van der Waals surface area (Å²) in [7, 11) is 0. The quantitative estimate of drug-likeness (QED) is 0.521. The minimum Gasteiger partial charge on any atom is -0.346 e. The van der Waals surface area contributed by atoms with E-state index in [0.717, 1.165) is 16.3 Å². The van der Waals surface area contributed by atoms with Crippen LogP contribution in [0.4, 0.5) is 0 Å². The molecule has 0 aliphatic heterocycles. The molecule has 0 radical (unpaired) electrons.